The fourth-order valence-electron chi connectivity index (χ4n) is 4.91. The summed E-state index contributed by atoms with van der Waals surface area (Å²) in [6.07, 6.45) is -4.07. The maximum absolute atomic E-state index is 14.3. The number of carbonyl (C=O) groups excluding carboxylic acids is 2. The van der Waals surface area contributed by atoms with Crippen molar-refractivity contribution in [1.29, 1.82) is 0 Å². The quantitative estimate of drug-likeness (QED) is 0.459. The number of fused-ring (bicyclic) bond motifs is 1. The van der Waals surface area contributed by atoms with Gasteiger partial charge in [-0.05, 0) is 38.7 Å². The summed E-state index contributed by atoms with van der Waals surface area (Å²) in [6.45, 7) is 3.54. The van der Waals surface area contributed by atoms with Crippen LogP contribution < -0.4 is 11.5 Å². The molecule has 3 heterocycles. The molecule has 4 N–H and O–H groups in total. The number of primary amides is 2. The third-order valence-corrected chi connectivity index (χ3v) is 8.74. The highest BCUT2D eigenvalue weighted by Crippen LogP contribution is 2.42. The number of amides is 2. The number of alkyl halides is 3. The van der Waals surface area contributed by atoms with Crippen LogP contribution in [-0.2, 0) is 22.7 Å². The predicted octanol–water partition coefficient (Wildman–Crippen LogP) is 2.69. The van der Waals surface area contributed by atoms with Gasteiger partial charge in [-0.15, -0.1) is 0 Å². The Hall–Kier alpha value is -3.52. The molecule has 0 atom stereocenters. The number of aromatic nitrogens is 3. The van der Waals surface area contributed by atoms with Crippen molar-refractivity contribution in [2.24, 2.45) is 17.4 Å². The molecule has 0 aliphatic carbocycles. The van der Waals surface area contributed by atoms with Gasteiger partial charge in [0.15, 0.2) is 5.69 Å². The third-order valence-electron chi connectivity index (χ3n) is 6.86. The van der Waals surface area contributed by atoms with Crippen molar-refractivity contribution in [2.45, 2.75) is 39.4 Å². The van der Waals surface area contributed by atoms with Crippen LogP contribution in [0.3, 0.4) is 0 Å². The minimum Gasteiger partial charge on any atom is -0.366 e. The van der Waals surface area contributed by atoms with Crippen molar-refractivity contribution in [3.63, 3.8) is 0 Å². The van der Waals surface area contributed by atoms with E-state index in [9.17, 15) is 31.2 Å². The second kappa shape index (κ2) is 9.98. The first kappa shape index (κ1) is 27.5. The number of hydrogen-bond acceptors (Lipinski definition) is 6. The van der Waals surface area contributed by atoms with Crippen molar-refractivity contribution in [1.82, 2.24) is 19.1 Å². The molecule has 204 valence electrons. The Morgan fingerprint density at radius 1 is 1.08 bits per heavy atom. The summed E-state index contributed by atoms with van der Waals surface area (Å²) in [7, 11) is -3.36. The average Bonchev–Trinajstić information content (AvgIpc) is 3.18. The molecule has 1 fully saturated rings. The smallest absolute Gasteiger partial charge is 0.366 e. The van der Waals surface area contributed by atoms with E-state index < -0.39 is 50.5 Å². The van der Waals surface area contributed by atoms with Crippen LogP contribution in [0.4, 0.5) is 13.2 Å². The molecule has 0 saturated carbocycles. The molecule has 0 spiro atoms. The molecule has 38 heavy (non-hydrogen) atoms. The highest BCUT2D eigenvalue weighted by atomic mass is 32.2. The maximum Gasteiger partial charge on any atom is 0.435 e. The summed E-state index contributed by atoms with van der Waals surface area (Å²) in [5.41, 5.74) is 8.32. The van der Waals surface area contributed by atoms with Crippen molar-refractivity contribution in [2.75, 3.05) is 18.8 Å². The van der Waals surface area contributed by atoms with E-state index in [1.165, 1.54) is 28.0 Å². The zero-order chi connectivity index (χ0) is 28.0. The summed E-state index contributed by atoms with van der Waals surface area (Å²) in [5, 5.41) is 4.02. The van der Waals surface area contributed by atoms with Gasteiger partial charge in [0.05, 0.1) is 16.8 Å². The first-order valence-electron chi connectivity index (χ1n) is 11.9. The number of sulfonamides is 1. The number of piperidine rings is 1. The lowest BCUT2D eigenvalue weighted by atomic mass is 9.92. The highest BCUT2D eigenvalue weighted by molar-refractivity contribution is 7.89. The number of pyridine rings is 1. The van der Waals surface area contributed by atoms with Crippen molar-refractivity contribution in [3.05, 3.63) is 46.9 Å². The van der Waals surface area contributed by atoms with Gasteiger partial charge in [-0.25, -0.2) is 17.7 Å². The zero-order valence-corrected chi connectivity index (χ0v) is 21.6. The summed E-state index contributed by atoms with van der Waals surface area (Å²) >= 11 is 0. The van der Waals surface area contributed by atoms with Crippen LogP contribution in [0.15, 0.2) is 24.3 Å². The molecular formula is C24H27F3N6O4S. The van der Waals surface area contributed by atoms with E-state index in [4.69, 9.17) is 11.5 Å². The van der Waals surface area contributed by atoms with Gasteiger partial charge in [-0.3, -0.25) is 14.3 Å². The van der Waals surface area contributed by atoms with Crippen LogP contribution in [0, 0.1) is 12.8 Å². The van der Waals surface area contributed by atoms with E-state index in [0.717, 1.165) is 0 Å². The van der Waals surface area contributed by atoms with Crippen LogP contribution in [0.5, 0.6) is 0 Å². The van der Waals surface area contributed by atoms with Crippen LogP contribution in [0.25, 0.3) is 22.0 Å². The van der Waals surface area contributed by atoms with Crippen molar-refractivity contribution < 1.29 is 31.2 Å². The van der Waals surface area contributed by atoms with Crippen LogP contribution in [0.2, 0.25) is 0 Å². The number of halogens is 3. The molecule has 2 amide bonds. The average molecular weight is 553 g/mol. The molecule has 10 nitrogen and oxygen atoms in total. The molecule has 0 bridgehead atoms. The van der Waals surface area contributed by atoms with Crippen molar-refractivity contribution in [3.8, 4) is 11.1 Å². The molecule has 14 heteroatoms. The lowest BCUT2D eigenvalue weighted by Gasteiger charge is -2.31. The van der Waals surface area contributed by atoms with E-state index in [1.807, 2.05) is 0 Å². The fourth-order valence-corrected chi connectivity index (χ4v) is 6.04. The maximum atomic E-state index is 14.3. The standard InChI is InChI=1S/C24H27F3N6O4S/c1-3-38(36,37)32-10-8-14(9-11-32)12-33-13(2)17(21(31-33)24(25,26)27)19-18(22(28)34)15-6-4-5-7-16(15)30-20(19)23(29)35/h4-7,14H,3,8-12H2,1-2H3,(H2,28,34)(H2,29,35). The molecule has 1 aromatic carbocycles. The Morgan fingerprint density at radius 3 is 2.26 bits per heavy atom. The molecule has 0 radical (unpaired) electrons. The molecule has 0 unspecified atom stereocenters. The first-order valence-corrected chi connectivity index (χ1v) is 13.5. The summed E-state index contributed by atoms with van der Waals surface area (Å²) in [6, 6.07) is 6.12. The Morgan fingerprint density at radius 2 is 1.71 bits per heavy atom. The first-order chi connectivity index (χ1) is 17.8. The zero-order valence-electron chi connectivity index (χ0n) is 20.7. The largest absolute Gasteiger partial charge is 0.435 e. The molecule has 2 aromatic heterocycles. The number of para-hydroxylation sites is 1. The van der Waals surface area contributed by atoms with E-state index in [2.05, 4.69) is 10.1 Å². The monoisotopic (exact) mass is 552 g/mol. The molecule has 4 rings (SSSR count). The topological polar surface area (TPSA) is 154 Å². The summed E-state index contributed by atoms with van der Waals surface area (Å²) in [4.78, 5) is 29.2. The SMILES string of the molecule is CCS(=O)(=O)N1CCC(Cn2nc(C(F)(F)F)c(-c3c(C(N)=O)nc4ccccc4c3C(N)=O)c2C)CC1. The molecular weight excluding hydrogens is 525 g/mol. The van der Waals surface area contributed by atoms with Gasteiger partial charge >= 0.3 is 6.18 Å². The lowest BCUT2D eigenvalue weighted by Crippen LogP contribution is -2.40. The van der Waals surface area contributed by atoms with Gasteiger partial charge < -0.3 is 11.5 Å². The number of rotatable bonds is 7. The fraction of sp³-hybridized carbons (Fsp3) is 0.417. The van der Waals surface area contributed by atoms with Gasteiger partial charge in [-0.1, -0.05) is 18.2 Å². The lowest BCUT2D eigenvalue weighted by molar-refractivity contribution is -0.141. The van der Waals surface area contributed by atoms with E-state index in [1.54, 1.807) is 19.1 Å². The van der Waals surface area contributed by atoms with Crippen LogP contribution in [0.1, 0.15) is 52.0 Å². The normalized spacial score (nSPS) is 15.7. The van der Waals surface area contributed by atoms with Gasteiger partial charge in [-0.2, -0.15) is 18.3 Å². The van der Waals surface area contributed by atoms with Crippen molar-refractivity contribution >= 4 is 32.7 Å². The Bertz CT molecular complexity index is 1530. The van der Waals surface area contributed by atoms with E-state index in [0.29, 0.717) is 12.8 Å². The minimum absolute atomic E-state index is 0.0293. The molecule has 3 aromatic rings. The van der Waals surface area contributed by atoms with Gasteiger partial charge in [0.1, 0.15) is 5.69 Å². The van der Waals surface area contributed by atoms with Gasteiger partial charge in [0.25, 0.3) is 5.91 Å². The van der Waals surface area contributed by atoms with E-state index in [-0.39, 0.29) is 53.5 Å². The number of nitrogens with two attached hydrogens (primary N) is 2. The van der Waals surface area contributed by atoms with Gasteiger partial charge in [0, 0.05) is 41.8 Å². The predicted molar refractivity (Wildman–Crippen MR) is 133 cm³/mol. The molecule has 1 aliphatic heterocycles. The highest BCUT2D eigenvalue weighted by Gasteiger charge is 2.42. The van der Waals surface area contributed by atoms with Gasteiger partial charge in [0.2, 0.25) is 15.9 Å². The number of benzene rings is 1. The minimum atomic E-state index is -4.95. The Labute approximate surface area is 216 Å². The second-order valence-corrected chi connectivity index (χ2v) is 11.4. The Kier molecular flexibility index (Phi) is 7.23. The molecule has 1 aliphatic rings. The second-order valence-electron chi connectivity index (χ2n) is 9.19. The summed E-state index contributed by atoms with van der Waals surface area (Å²) < 4.78 is 69.8. The van der Waals surface area contributed by atoms with E-state index >= 15 is 0 Å². The Balaban J connectivity index is 1.87. The summed E-state index contributed by atoms with van der Waals surface area (Å²) in [5.74, 6) is -2.35. The molecule has 1 saturated heterocycles. The third kappa shape index (κ3) is 4.97. The number of hydrogen-bond donors (Lipinski definition) is 2. The van der Waals surface area contributed by atoms with Crippen LogP contribution in [-0.4, -0.2) is 58.1 Å². The number of carbonyl (C=O) groups is 2. The van der Waals surface area contributed by atoms with Crippen LogP contribution >= 0.6 is 0 Å². The number of nitrogens with zero attached hydrogens (tertiary/aromatic N) is 4.